The second-order valence-corrected chi connectivity index (χ2v) is 5.86. The van der Waals surface area contributed by atoms with Crippen LogP contribution in [-0.4, -0.2) is 26.7 Å². The molecular weight excluding hydrogens is 343 g/mol. The predicted octanol–water partition coefficient (Wildman–Crippen LogP) is 1.29. The van der Waals surface area contributed by atoms with Crippen LogP contribution in [0.25, 0.3) is 34.0 Å². The zero-order valence-corrected chi connectivity index (χ0v) is 15.1. The number of aryl methyl sites for hydroxylation is 2. The number of benzene rings is 2. The molecular formula is C19H15LiN2O5. The van der Waals surface area contributed by atoms with Gasteiger partial charge in [-0.3, -0.25) is 0 Å². The fourth-order valence-electron chi connectivity index (χ4n) is 2.70. The van der Waals surface area contributed by atoms with E-state index < -0.39 is 5.97 Å². The molecule has 0 aliphatic heterocycles. The second-order valence-electron chi connectivity index (χ2n) is 5.86. The minimum Gasteiger partial charge on any atom is -0.870 e. The van der Waals surface area contributed by atoms with Crippen molar-refractivity contribution in [3.8, 4) is 23.0 Å². The number of aromatic carboxylic acids is 1. The van der Waals surface area contributed by atoms with Gasteiger partial charge in [-0.25, -0.2) is 4.79 Å². The van der Waals surface area contributed by atoms with E-state index in [-0.39, 0.29) is 35.8 Å². The third-order valence-electron chi connectivity index (χ3n) is 4.13. The molecule has 27 heavy (non-hydrogen) atoms. The molecule has 0 atom stereocenters. The minimum atomic E-state index is -0.978. The fraction of sp³-hybridized carbons (Fsp3) is 0.105. The summed E-state index contributed by atoms with van der Waals surface area (Å²) in [5.74, 6) is 0.190. The first-order chi connectivity index (χ1) is 12.0. The number of aromatic nitrogens is 2. The molecule has 0 saturated carbocycles. The van der Waals surface area contributed by atoms with Crippen LogP contribution >= 0.6 is 0 Å². The van der Waals surface area contributed by atoms with Gasteiger partial charge in [-0.1, -0.05) is 29.4 Å². The van der Waals surface area contributed by atoms with Crippen LogP contribution in [0, 0.1) is 13.8 Å². The topological polar surface area (TPSA) is 119 Å². The number of hydrogen-bond acceptors (Lipinski definition) is 6. The molecule has 0 spiro atoms. The molecule has 4 rings (SSSR count). The van der Waals surface area contributed by atoms with Gasteiger partial charge in [0.2, 0.25) is 5.82 Å². The molecule has 0 fully saturated rings. The SMILES string of the molecule is Cc1ccc(C)c2oc(-c3nc(-c4ccc(C(=O)O)cc4)no3)cc12.[Li+].[OH-]. The van der Waals surface area contributed by atoms with Crippen molar-refractivity contribution in [3.63, 3.8) is 0 Å². The summed E-state index contributed by atoms with van der Waals surface area (Å²) in [4.78, 5) is 15.3. The van der Waals surface area contributed by atoms with E-state index in [1.807, 2.05) is 32.0 Å². The Bertz CT molecular complexity index is 1060. The smallest absolute Gasteiger partial charge is 0.870 e. The maximum atomic E-state index is 10.9. The molecule has 2 aromatic carbocycles. The number of carboxylic acids is 1. The zero-order chi connectivity index (χ0) is 17.6. The van der Waals surface area contributed by atoms with E-state index >= 15 is 0 Å². The van der Waals surface area contributed by atoms with Crippen LogP contribution in [0.4, 0.5) is 0 Å². The van der Waals surface area contributed by atoms with Gasteiger partial charge in [0, 0.05) is 10.9 Å². The third-order valence-corrected chi connectivity index (χ3v) is 4.13. The number of nitrogens with zero attached hydrogens (tertiary/aromatic N) is 2. The van der Waals surface area contributed by atoms with Gasteiger partial charge in [0.1, 0.15) is 5.58 Å². The van der Waals surface area contributed by atoms with E-state index in [1.165, 1.54) is 12.1 Å². The van der Waals surface area contributed by atoms with E-state index in [0.29, 0.717) is 17.1 Å². The van der Waals surface area contributed by atoms with E-state index in [2.05, 4.69) is 10.1 Å². The molecule has 2 aromatic heterocycles. The van der Waals surface area contributed by atoms with Gasteiger partial charge >= 0.3 is 24.8 Å². The molecule has 132 valence electrons. The number of carboxylic acid groups (broad SMARTS) is 1. The van der Waals surface area contributed by atoms with E-state index in [0.717, 1.165) is 22.1 Å². The van der Waals surface area contributed by atoms with Crippen molar-refractivity contribution in [2.24, 2.45) is 0 Å². The Kier molecular flexibility index (Phi) is 5.91. The van der Waals surface area contributed by atoms with E-state index in [4.69, 9.17) is 14.0 Å². The summed E-state index contributed by atoms with van der Waals surface area (Å²) in [7, 11) is 0. The van der Waals surface area contributed by atoms with Gasteiger partial charge in [-0.05, 0) is 43.2 Å². The standard InChI is InChI=1S/C19H14N2O4.Li.H2O/c1-10-3-4-11(2)16-14(10)9-15(24-16)18-20-17(21-25-18)12-5-7-13(8-6-12)19(22)23;;/h3-9H,1-2H3,(H,22,23);;1H2/q;+1;/p-1. The van der Waals surface area contributed by atoms with Crippen LogP contribution in [0.2, 0.25) is 0 Å². The van der Waals surface area contributed by atoms with Crippen molar-refractivity contribution in [1.82, 2.24) is 10.1 Å². The third kappa shape index (κ3) is 3.66. The van der Waals surface area contributed by atoms with E-state index in [1.54, 1.807) is 12.1 Å². The normalized spacial score (nSPS) is 10.3. The van der Waals surface area contributed by atoms with Gasteiger partial charge in [0.25, 0.3) is 5.89 Å². The van der Waals surface area contributed by atoms with Gasteiger partial charge in [0.05, 0.1) is 5.56 Å². The van der Waals surface area contributed by atoms with Crippen molar-refractivity contribution < 1.29 is 43.2 Å². The van der Waals surface area contributed by atoms with Gasteiger partial charge in [0.15, 0.2) is 5.76 Å². The van der Waals surface area contributed by atoms with Crippen LogP contribution in [0.1, 0.15) is 21.5 Å². The van der Waals surface area contributed by atoms with Crippen LogP contribution in [0.5, 0.6) is 0 Å². The van der Waals surface area contributed by atoms with Crippen LogP contribution in [0.3, 0.4) is 0 Å². The van der Waals surface area contributed by atoms with Crippen molar-refractivity contribution >= 4 is 16.9 Å². The maximum Gasteiger partial charge on any atom is 1.00 e. The number of fused-ring (bicyclic) bond motifs is 1. The molecule has 4 aromatic rings. The molecule has 8 heteroatoms. The molecule has 0 aliphatic carbocycles. The summed E-state index contributed by atoms with van der Waals surface area (Å²) in [6.07, 6.45) is 0. The second kappa shape index (κ2) is 7.80. The molecule has 0 bridgehead atoms. The molecule has 0 amide bonds. The Morgan fingerprint density at radius 1 is 1.04 bits per heavy atom. The number of furan rings is 1. The summed E-state index contributed by atoms with van der Waals surface area (Å²) >= 11 is 0. The quantitative estimate of drug-likeness (QED) is 0.548. The van der Waals surface area contributed by atoms with Crippen LogP contribution in [-0.2, 0) is 0 Å². The first-order valence-electron chi connectivity index (χ1n) is 7.70. The Balaban J connectivity index is 0.00000131. The van der Waals surface area contributed by atoms with Crippen molar-refractivity contribution in [2.45, 2.75) is 13.8 Å². The van der Waals surface area contributed by atoms with Crippen molar-refractivity contribution in [3.05, 3.63) is 59.2 Å². The molecule has 2 heterocycles. The van der Waals surface area contributed by atoms with Crippen molar-refractivity contribution in [1.29, 1.82) is 0 Å². The monoisotopic (exact) mass is 358 g/mol. The van der Waals surface area contributed by atoms with Crippen molar-refractivity contribution in [2.75, 3.05) is 0 Å². The minimum absolute atomic E-state index is 0. The molecule has 7 nitrogen and oxygen atoms in total. The Labute approximate surface area is 166 Å². The number of hydrogen-bond donors (Lipinski definition) is 1. The molecule has 0 unspecified atom stereocenters. The Hall–Kier alpha value is -2.85. The number of carbonyl (C=O) groups is 1. The Morgan fingerprint density at radius 2 is 1.70 bits per heavy atom. The maximum absolute atomic E-state index is 10.9. The summed E-state index contributed by atoms with van der Waals surface area (Å²) < 4.78 is 11.2. The predicted molar refractivity (Wildman–Crippen MR) is 93.3 cm³/mol. The van der Waals surface area contributed by atoms with Crippen LogP contribution < -0.4 is 18.9 Å². The molecule has 0 aliphatic rings. The zero-order valence-electron chi connectivity index (χ0n) is 15.1. The average molecular weight is 358 g/mol. The van der Waals surface area contributed by atoms with Gasteiger partial charge < -0.3 is 19.5 Å². The summed E-state index contributed by atoms with van der Waals surface area (Å²) in [5, 5.41) is 13.9. The fourth-order valence-corrected chi connectivity index (χ4v) is 2.70. The number of rotatable bonds is 3. The van der Waals surface area contributed by atoms with E-state index in [9.17, 15) is 4.79 Å². The Morgan fingerprint density at radius 3 is 2.33 bits per heavy atom. The largest absolute Gasteiger partial charge is 1.00 e. The first-order valence-corrected chi connectivity index (χ1v) is 7.70. The first kappa shape index (κ1) is 20.5. The molecule has 2 N–H and O–H groups in total. The van der Waals surface area contributed by atoms with Gasteiger partial charge in [-0.15, -0.1) is 0 Å². The molecule has 0 saturated heterocycles. The molecule has 0 radical (unpaired) electrons. The summed E-state index contributed by atoms with van der Waals surface area (Å²) in [5.41, 5.74) is 3.83. The summed E-state index contributed by atoms with van der Waals surface area (Å²) in [6, 6.07) is 12.2. The van der Waals surface area contributed by atoms with Gasteiger partial charge in [-0.2, -0.15) is 4.98 Å². The summed E-state index contributed by atoms with van der Waals surface area (Å²) in [6.45, 7) is 4.00. The van der Waals surface area contributed by atoms with Crippen LogP contribution in [0.15, 0.2) is 51.4 Å². The average Bonchev–Trinajstić information content (AvgIpc) is 3.26.